The zero-order valence-electron chi connectivity index (χ0n) is 15.9. The Morgan fingerprint density at radius 2 is 1.34 bits per heavy atom. The fraction of sp³-hybridized carbons (Fsp3) is 0.0385. The number of fused-ring (bicyclic) bond motifs is 7. The lowest BCUT2D eigenvalue weighted by Gasteiger charge is -2.06. The van der Waals surface area contributed by atoms with Crippen molar-refractivity contribution in [2.45, 2.75) is 0 Å². The molecule has 7 aromatic rings. The lowest BCUT2D eigenvalue weighted by Crippen LogP contribution is -2.26. The maximum atomic E-state index is 3.46. The van der Waals surface area contributed by atoms with Gasteiger partial charge in [0.2, 0.25) is 6.33 Å². The minimum atomic E-state index is 1.13. The molecule has 0 bridgehead atoms. The molecule has 3 nitrogen and oxygen atoms in total. The first-order valence-corrected chi connectivity index (χ1v) is 9.87. The van der Waals surface area contributed by atoms with Crippen LogP contribution in [-0.2, 0) is 7.05 Å². The topological polar surface area (TPSA) is 13.2 Å². The van der Waals surface area contributed by atoms with Gasteiger partial charge in [0.05, 0.1) is 40.3 Å². The largest absolute Gasteiger partial charge is 0.319 e. The van der Waals surface area contributed by atoms with Crippen molar-refractivity contribution in [2.24, 2.45) is 7.05 Å². The van der Waals surface area contributed by atoms with Crippen molar-refractivity contribution in [3.05, 3.63) is 91.3 Å². The van der Waals surface area contributed by atoms with E-state index in [1.54, 1.807) is 0 Å². The molecule has 0 radical (unpaired) electrons. The fourth-order valence-electron chi connectivity index (χ4n) is 4.95. The number of hydrogen-bond acceptors (Lipinski definition) is 0. The van der Waals surface area contributed by atoms with Gasteiger partial charge in [-0.25, -0.2) is 0 Å². The number of aryl methyl sites for hydroxylation is 1. The molecule has 0 N–H and O–H groups in total. The Balaban J connectivity index is 1.63. The van der Waals surface area contributed by atoms with E-state index in [-0.39, 0.29) is 0 Å². The number of aromatic nitrogens is 3. The van der Waals surface area contributed by atoms with Gasteiger partial charge in [-0.05, 0) is 18.2 Å². The molecule has 3 heteroatoms. The van der Waals surface area contributed by atoms with Gasteiger partial charge in [0, 0.05) is 21.5 Å². The van der Waals surface area contributed by atoms with Gasteiger partial charge >= 0.3 is 0 Å². The summed E-state index contributed by atoms with van der Waals surface area (Å²) in [5, 5.41) is 5.22. The highest BCUT2D eigenvalue weighted by atomic mass is 15.1. The van der Waals surface area contributed by atoms with Crippen LogP contribution in [0.2, 0.25) is 0 Å². The second-order valence-electron chi connectivity index (χ2n) is 7.74. The van der Waals surface area contributed by atoms with Crippen LogP contribution in [0.5, 0.6) is 0 Å². The Hall–Kier alpha value is -3.85. The molecule has 0 saturated heterocycles. The van der Waals surface area contributed by atoms with Gasteiger partial charge in [-0.3, -0.25) is 0 Å². The predicted octanol–water partition coefficient (Wildman–Crippen LogP) is 5.41. The number of benzene rings is 4. The molecule has 0 fully saturated rings. The summed E-state index contributed by atoms with van der Waals surface area (Å²) in [6, 6.07) is 30.5. The van der Waals surface area contributed by atoms with E-state index >= 15 is 0 Å². The summed E-state index contributed by atoms with van der Waals surface area (Å²) in [5.41, 5.74) is 7.30. The van der Waals surface area contributed by atoms with Gasteiger partial charge < -0.3 is 13.5 Å². The third-order valence-corrected chi connectivity index (χ3v) is 6.20. The van der Waals surface area contributed by atoms with E-state index in [0.29, 0.717) is 0 Å². The van der Waals surface area contributed by atoms with Crippen LogP contribution in [0, 0.1) is 6.33 Å². The highest BCUT2D eigenvalue weighted by Gasteiger charge is 2.17. The van der Waals surface area contributed by atoms with Crippen molar-refractivity contribution < 1.29 is 4.57 Å². The number of hydrogen-bond donors (Lipinski definition) is 0. The fourth-order valence-corrected chi connectivity index (χ4v) is 4.95. The summed E-state index contributed by atoms with van der Waals surface area (Å²) < 4.78 is 6.62. The summed E-state index contributed by atoms with van der Waals surface area (Å²) in [4.78, 5) is 0. The van der Waals surface area contributed by atoms with Gasteiger partial charge in [0.1, 0.15) is 0 Å². The van der Waals surface area contributed by atoms with Crippen LogP contribution in [0.25, 0.3) is 54.8 Å². The third kappa shape index (κ3) is 1.80. The highest BCUT2D eigenvalue weighted by molar-refractivity contribution is 6.23. The summed E-state index contributed by atoms with van der Waals surface area (Å²) in [6.07, 6.45) is 3.46. The Labute approximate surface area is 167 Å². The molecule has 0 amide bonds. The summed E-state index contributed by atoms with van der Waals surface area (Å²) in [6.45, 7) is 0. The molecule has 0 unspecified atom stereocenters. The first-order valence-electron chi connectivity index (χ1n) is 9.87. The molecule has 0 aliphatic rings. The standard InChI is InChI=1S/C26H17N3/c1-27-16-28(25-12-5-4-11-24(25)27)17-13-14-23-21(15-17)20-9-6-8-19-18-7-2-3-10-22(18)29(23)26(19)20/h2-15H,1H3. The number of para-hydroxylation sites is 4. The average molecular weight is 371 g/mol. The van der Waals surface area contributed by atoms with Crippen LogP contribution < -0.4 is 4.57 Å². The predicted molar refractivity (Wildman–Crippen MR) is 118 cm³/mol. The smallest absolute Gasteiger partial charge is 0.244 e. The molecule has 0 aliphatic carbocycles. The Morgan fingerprint density at radius 1 is 0.655 bits per heavy atom. The van der Waals surface area contributed by atoms with E-state index in [9.17, 15) is 0 Å². The third-order valence-electron chi connectivity index (χ3n) is 6.20. The van der Waals surface area contributed by atoms with Crippen LogP contribution in [-0.4, -0.2) is 8.97 Å². The van der Waals surface area contributed by atoms with Crippen LogP contribution in [0.15, 0.2) is 84.9 Å². The van der Waals surface area contributed by atoms with Crippen molar-refractivity contribution in [1.82, 2.24) is 8.97 Å². The molecule has 0 atom stereocenters. The molecule has 136 valence electrons. The van der Waals surface area contributed by atoms with E-state index in [0.717, 1.165) is 11.2 Å². The summed E-state index contributed by atoms with van der Waals surface area (Å²) in [5.74, 6) is 0. The number of imidazole rings is 1. The van der Waals surface area contributed by atoms with Gasteiger partial charge in [-0.2, -0.15) is 0 Å². The highest BCUT2D eigenvalue weighted by Crippen LogP contribution is 2.39. The SMILES string of the molecule is C[n+]1[c-]n(-c2ccc3c(c2)c2cccc4c5ccccc5n3c42)c2ccccc21. The molecule has 29 heavy (non-hydrogen) atoms. The van der Waals surface area contributed by atoms with E-state index in [1.165, 1.54) is 43.6 Å². The monoisotopic (exact) mass is 371 g/mol. The van der Waals surface area contributed by atoms with E-state index in [1.807, 2.05) is 7.05 Å². The van der Waals surface area contributed by atoms with E-state index in [4.69, 9.17) is 0 Å². The van der Waals surface area contributed by atoms with Crippen molar-refractivity contribution in [1.29, 1.82) is 0 Å². The molecule has 0 saturated carbocycles. The van der Waals surface area contributed by atoms with Crippen molar-refractivity contribution in [3.8, 4) is 5.69 Å². The summed E-state index contributed by atoms with van der Waals surface area (Å²) in [7, 11) is 2.05. The molecule has 3 aromatic heterocycles. The molecular formula is C26H17N3. The van der Waals surface area contributed by atoms with Gasteiger partial charge in [0.25, 0.3) is 0 Å². The zero-order chi connectivity index (χ0) is 19.1. The summed E-state index contributed by atoms with van der Waals surface area (Å²) >= 11 is 0. The Kier molecular flexibility index (Phi) is 2.68. The minimum Gasteiger partial charge on any atom is -0.319 e. The van der Waals surface area contributed by atoms with Crippen molar-refractivity contribution in [3.63, 3.8) is 0 Å². The first kappa shape index (κ1) is 15.1. The van der Waals surface area contributed by atoms with Gasteiger partial charge in [0.15, 0.2) is 0 Å². The normalized spacial score (nSPS) is 12.3. The number of rotatable bonds is 1. The van der Waals surface area contributed by atoms with E-state index in [2.05, 4.69) is 105 Å². The van der Waals surface area contributed by atoms with Crippen LogP contribution in [0.3, 0.4) is 0 Å². The van der Waals surface area contributed by atoms with Crippen LogP contribution >= 0.6 is 0 Å². The quantitative estimate of drug-likeness (QED) is 0.271. The van der Waals surface area contributed by atoms with E-state index < -0.39 is 0 Å². The van der Waals surface area contributed by atoms with Crippen molar-refractivity contribution in [2.75, 3.05) is 0 Å². The Bertz CT molecular complexity index is 1720. The van der Waals surface area contributed by atoms with Crippen LogP contribution in [0.1, 0.15) is 0 Å². The minimum absolute atomic E-state index is 1.13. The second-order valence-corrected chi connectivity index (χ2v) is 7.74. The molecule has 0 aliphatic heterocycles. The zero-order valence-corrected chi connectivity index (χ0v) is 15.9. The second kappa shape index (κ2) is 5.15. The van der Waals surface area contributed by atoms with Crippen molar-refractivity contribution >= 4 is 49.1 Å². The maximum absolute atomic E-state index is 3.46. The molecular weight excluding hydrogens is 354 g/mol. The van der Waals surface area contributed by atoms with Gasteiger partial charge in [-0.1, -0.05) is 66.7 Å². The lowest BCUT2D eigenvalue weighted by atomic mass is 10.1. The van der Waals surface area contributed by atoms with Gasteiger partial charge in [-0.15, -0.1) is 0 Å². The maximum Gasteiger partial charge on any atom is 0.244 e. The lowest BCUT2D eigenvalue weighted by molar-refractivity contribution is -0.649. The molecule has 0 spiro atoms. The Morgan fingerprint density at radius 3 is 2.24 bits per heavy atom. The first-order chi connectivity index (χ1) is 14.3. The van der Waals surface area contributed by atoms with Crippen LogP contribution in [0.4, 0.5) is 0 Å². The molecule has 4 aromatic carbocycles. The number of nitrogens with zero attached hydrogens (tertiary/aromatic N) is 3. The average Bonchev–Trinajstić information content (AvgIpc) is 3.40. The molecule has 7 rings (SSSR count). The molecule has 3 heterocycles.